The number of ether oxygens (including phenoxy) is 1. The van der Waals surface area contributed by atoms with Gasteiger partial charge in [0.25, 0.3) is 0 Å². The van der Waals surface area contributed by atoms with E-state index in [0.29, 0.717) is 16.8 Å². The van der Waals surface area contributed by atoms with Crippen LogP contribution in [0.2, 0.25) is 0 Å². The van der Waals surface area contributed by atoms with Crippen LogP contribution in [0.1, 0.15) is 47.1 Å². The maximum atomic E-state index is 13.0. The number of phenolic OH excluding ortho intramolecular Hbond substituents is 1. The molecule has 3 rings (SSSR count). The number of hydrogen-bond acceptors (Lipinski definition) is 9. The average molecular weight is 529 g/mol. The van der Waals surface area contributed by atoms with Gasteiger partial charge in [-0.05, 0) is 51.5 Å². The number of anilines is 1. The molecule has 1 fully saturated rings. The van der Waals surface area contributed by atoms with Crippen molar-refractivity contribution in [2.45, 2.75) is 56.5 Å². The number of aliphatic hydroxyl groups is 2. The normalized spacial score (nSPS) is 28.4. The highest BCUT2D eigenvalue weighted by molar-refractivity contribution is 5.95. The fourth-order valence-electron chi connectivity index (χ4n) is 4.86. The molecule has 206 valence electrons. The van der Waals surface area contributed by atoms with Gasteiger partial charge in [-0.15, -0.1) is 0 Å². The molecule has 0 spiro atoms. The molecule has 1 aliphatic carbocycles. The predicted octanol–water partition coefficient (Wildman–Crippen LogP) is 1.39. The number of carbonyl (C=O) groups is 3. The third-order valence-corrected chi connectivity index (χ3v) is 7.64. The van der Waals surface area contributed by atoms with E-state index in [1.807, 2.05) is 0 Å². The van der Waals surface area contributed by atoms with Crippen molar-refractivity contribution in [1.82, 2.24) is 10.2 Å². The molecule has 2 aromatic rings. The van der Waals surface area contributed by atoms with Crippen molar-refractivity contribution in [1.29, 1.82) is 0 Å². The first kappa shape index (κ1) is 28.9. The Morgan fingerprint density at radius 3 is 2.32 bits per heavy atom. The number of rotatable bonds is 7. The Morgan fingerprint density at radius 1 is 1.11 bits per heavy atom. The van der Waals surface area contributed by atoms with Crippen LogP contribution in [0, 0.1) is 6.92 Å². The lowest BCUT2D eigenvalue weighted by atomic mass is 9.77. The molecule has 11 heteroatoms. The maximum absolute atomic E-state index is 13.0. The van der Waals surface area contributed by atoms with Gasteiger partial charge >= 0.3 is 12.0 Å². The molecular weight excluding hydrogens is 492 g/mol. The molecule has 2 aromatic carbocycles. The van der Waals surface area contributed by atoms with Gasteiger partial charge in [-0.1, -0.05) is 24.3 Å². The monoisotopic (exact) mass is 528 g/mol. The van der Waals surface area contributed by atoms with Crippen molar-refractivity contribution in [3.63, 3.8) is 0 Å². The molecule has 38 heavy (non-hydrogen) atoms. The van der Waals surface area contributed by atoms with Gasteiger partial charge in [0, 0.05) is 25.3 Å². The Morgan fingerprint density at radius 2 is 1.74 bits per heavy atom. The Bertz CT molecular complexity index is 1230. The smallest absolute Gasteiger partial charge is 0.342 e. The minimum Gasteiger partial charge on any atom is -0.507 e. The number of nitrogens with one attached hydrogen (secondary N) is 2. The molecule has 7 N–H and O–H groups in total. The minimum absolute atomic E-state index is 0.0830. The second-order valence-corrected chi connectivity index (χ2v) is 10.4. The quantitative estimate of drug-likeness (QED) is 0.229. The summed E-state index contributed by atoms with van der Waals surface area (Å²) in [6.45, 7) is 5.09. The van der Waals surface area contributed by atoms with E-state index in [-0.39, 0.29) is 17.1 Å². The van der Waals surface area contributed by atoms with E-state index < -0.39 is 47.4 Å². The molecule has 0 saturated heterocycles. The van der Waals surface area contributed by atoms with Crippen molar-refractivity contribution in [3.05, 3.63) is 59.2 Å². The lowest BCUT2D eigenvalue weighted by molar-refractivity contribution is -0.169. The summed E-state index contributed by atoms with van der Waals surface area (Å²) >= 11 is 0. The summed E-state index contributed by atoms with van der Waals surface area (Å²) in [4.78, 5) is 38.8. The number of nitrogens with two attached hydrogens (primary N) is 1. The number of hydrogen-bond donors (Lipinski definition) is 6. The number of amides is 2. The molecular formula is C27H36N4O7. The summed E-state index contributed by atoms with van der Waals surface area (Å²) in [5.74, 6) is -1.39. The number of Topliss-reactive ketones (excluding diaryl/α,β-unsaturated/α-hetero) is 1. The van der Waals surface area contributed by atoms with Crippen LogP contribution in [-0.4, -0.2) is 87.5 Å². The van der Waals surface area contributed by atoms with E-state index in [9.17, 15) is 29.7 Å². The van der Waals surface area contributed by atoms with Crippen LogP contribution in [-0.2, 0) is 4.74 Å². The number of urea groups is 1. The molecule has 0 unspecified atom stereocenters. The van der Waals surface area contributed by atoms with Crippen molar-refractivity contribution >= 4 is 23.5 Å². The molecule has 2 amide bonds. The molecule has 1 saturated carbocycles. The number of aryl methyl sites for hydroxylation is 1. The zero-order chi connectivity index (χ0) is 28.6. The molecule has 0 heterocycles. The first-order valence-electron chi connectivity index (χ1n) is 12.1. The average Bonchev–Trinajstić information content (AvgIpc) is 2.94. The third-order valence-electron chi connectivity index (χ3n) is 7.64. The number of aromatic hydroxyl groups is 1. The van der Waals surface area contributed by atoms with Crippen LogP contribution in [0.4, 0.5) is 10.5 Å². The second-order valence-electron chi connectivity index (χ2n) is 10.4. The Labute approximate surface area is 221 Å². The van der Waals surface area contributed by atoms with Crippen molar-refractivity contribution < 1.29 is 34.4 Å². The largest absolute Gasteiger partial charge is 0.507 e. The summed E-state index contributed by atoms with van der Waals surface area (Å²) in [6.07, 6.45) is 0. The Balaban J connectivity index is 2.05. The summed E-state index contributed by atoms with van der Waals surface area (Å²) < 4.78 is 5.45. The molecule has 0 aromatic heterocycles. The van der Waals surface area contributed by atoms with Gasteiger partial charge in [-0.25, -0.2) is 9.59 Å². The lowest BCUT2D eigenvalue weighted by Gasteiger charge is -2.45. The van der Waals surface area contributed by atoms with Gasteiger partial charge < -0.3 is 41.3 Å². The first-order chi connectivity index (χ1) is 17.6. The number of carbonyl (C=O) groups excluding carboxylic acids is 3. The fraction of sp³-hybridized carbons (Fsp3) is 0.444. The van der Waals surface area contributed by atoms with Crippen molar-refractivity contribution in [3.8, 4) is 5.75 Å². The van der Waals surface area contributed by atoms with Gasteiger partial charge in [-0.3, -0.25) is 4.79 Å². The summed E-state index contributed by atoms with van der Waals surface area (Å²) in [5, 5.41) is 39.8. The van der Waals surface area contributed by atoms with Crippen molar-refractivity contribution in [2.24, 2.45) is 5.73 Å². The fourth-order valence-corrected chi connectivity index (χ4v) is 4.86. The number of nitrogens with zero attached hydrogens (tertiary/aromatic N) is 1. The van der Waals surface area contributed by atoms with Crippen LogP contribution < -0.4 is 16.4 Å². The van der Waals surface area contributed by atoms with Gasteiger partial charge in [-0.2, -0.15) is 0 Å². The molecule has 1 aliphatic rings. The molecule has 0 bridgehead atoms. The zero-order valence-corrected chi connectivity index (χ0v) is 22.4. The van der Waals surface area contributed by atoms with E-state index >= 15 is 0 Å². The highest BCUT2D eigenvalue weighted by Crippen LogP contribution is 2.47. The van der Waals surface area contributed by atoms with Gasteiger partial charge in [0.1, 0.15) is 23.5 Å². The van der Waals surface area contributed by atoms with Gasteiger partial charge in [0.2, 0.25) is 0 Å². The van der Waals surface area contributed by atoms with E-state index in [4.69, 9.17) is 10.5 Å². The molecule has 11 nitrogen and oxygen atoms in total. The zero-order valence-electron chi connectivity index (χ0n) is 22.4. The third kappa shape index (κ3) is 4.80. The minimum atomic E-state index is -2.25. The van der Waals surface area contributed by atoms with Crippen molar-refractivity contribution in [2.75, 3.05) is 26.0 Å². The maximum Gasteiger partial charge on any atom is 0.342 e. The van der Waals surface area contributed by atoms with E-state index in [1.165, 1.54) is 45.8 Å². The lowest BCUT2D eigenvalue weighted by Crippen LogP contribution is -2.70. The standard InChI is InChI=1S/C27H36N4O7/c1-15-9-7-12-19(33)20(15)23(34)38-14-27(37)22(29-18-11-8-10-17(13-18)16(2)32)21(28)25(3,26(27,4)36)30-24(35)31(5)6/h7-13,21-22,29,33,36-37H,14,28H2,1-6H3,(H,30,35)/t21-,22-,25-,26+,27+/m0/s1. The summed E-state index contributed by atoms with van der Waals surface area (Å²) in [5.41, 5.74) is 1.79. The highest BCUT2D eigenvalue weighted by Gasteiger charge is 2.72. The SMILES string of the molecule is CC(=O)c1cccc(N[C@H]2[C@H](N)[C@](C)(NC(=O)N(C)C)[C@@](C)(O)[C@@]2(O)COC(=O)c2c(C)cccc2O)c1. The number of ketones is 1. The van der Waals surface area contributed by atoms with Crippen LogP contribution in [0.25, 0.3) is 0 Å². The predicted molar refractivity (Wildman–Crippen MR) is 141 cm³/mol. The second kappa shape index (κ2) is 10.2. The molecule has 0 radical (unpaired) electrons. The van der Waals surface area contributed by atoms with Crippen LogP contribution in [0.5, 0.6) is 5.75 Å². The van der Waals surface area contributed by atoms with Crippen LogP contribution in [0.3, 0.4) is 0 Å². The number of benzene rings is 2. The first-order valence-corrected chi connectivity index (χ1v) is 12.1. The topological polar surface area (TPSA) is 174 Å². The van der Waals surface area contributed by atoms with Crippen LogP contribution in [0.15, 0.2) is 42.5 Å². The van der Waals surface area contributed by atoms with Crippen LogP contribution >= 0.6 is 0 Å². The van der Waals surface area contributed by atoms with E-state index in [0.717, 1.165) is 0 Å². The van der Waals surface area contributed by atoms with E-state index in [1.54, 1.807) is 43.3 Å². The van der Waals surface area contributed by atoms with E-state index in [2.05, 4.69) is 10.6 Å². The Hall–Kier alpha value is -3.67. The number of phenols is 1. The summed E-state index contributed by atoms with van der Waals surface area (Å²) in [6, 6.07) is 8.16. The van der Waals surface area contributed by atoms with Gasteiger partial charge in [0.05, 0.1) is 17.6 Å². The molecule has 0 aliphatic heterocycles. The Kier molecular flexibility index (Phi) is 7.79. The number of esters is 1. The summed E-state index contributed by atoms with van der Waals surface area (Å²) in [7, 11) is 3.03. The molecule has 5 atom stereocenters. The highest BCUT2D eigenvalue weighted by atomic mass is 16.5. The van der Waals surface area contributed by atoms with Gasteiger partial charge in [0.15, 0.2) is 11.4 Å².